The molecule has 4 rings (SSSR count). The Morgan fingerprint density at radius 1 is 0.879 bits per heavy atom. The van der Waals surface area contributed by atoms with Crippen molar-refractivity contribution in [3.05, 3.63) is 60.2 Å². The van der Waals surface area contributed by atoms with Gasteiger partial charge in [0.15, 0.2) is 0 Å². The molecule has 0 spiro atoms. The molecule has 0 atom stereocenters. The van der Waals surface area contributed by atoms with Gasteiger partial charge in [0.2, 0.25) is 15.9 Å². The maximum absolute atomic E-state index is 12.9. The molecule has 2 aliphatic heterocycles. The van der Waals surface area contributed by atoms with Crippen molar-refractivity contribution in [2.24, 2.45) is 0 Å². The summed E-state index contributed by atoms with van der Waals surface area (Å²) in [5.74, 6) is -0.239. The van der Waals surface area contributed by atoms with Crippen molar-refractivity contribution in [1.29, 1.82) is 0 Å². The van der Waals surface area contributed by atoms with Gasteiger partial charge in [0.1, 0.15) is 0 Å². The van der Waals surface area contributed by atoms with Crippen LogP contribution in [0, 0.1) is 0 Å². The Labute approximate surface area is 196 Å². The number of anilines is 2. The van der Waals surface area contributed by atoms with Crippen LogP contribution >= 0.6 is 0 Å². The molecular formula is C25H31N3O4S. The molecule has 176 valence electrons. The molecule has 0 aliphatic carbocycles. The van der Waals surface area contributed by atoms with Crippen molar-refractivity contribution >= 4 is 33.4 Å². The summed E-state index contributed by atoms with van der Waals surface area (Å²) in [6.45, 7) is 4.08. The number of sulfonamides is 1. The minimum atomic E-state index is -3.47. The van der Waals surface area contributed by atoms with E-state index in [-0.39, 0.29) is 5.91 Å². The number of ether oxygens (including phenoxy) is 1. The molecule has 0 unspecified atom stereocenters. The third-order valence-electron chi connectivity index (χ3n) is 6.02. The number of hydrogen-bond donors (Lipinski definition) is 1. The molecule has 0 bridgehead atoms. The number of nitrogens with one attached hydrogen (secondary N) is 1. The summed E-state index contributed by atoms with van der Waals surface area (Å²) in [7, 11) is -3.47. The highest BCUT2D eigenvalue weighted by Crippen LogP contribution is 2.26. The Bertz CT molecular complexity index is 1070. The fourth-order valence-electron chi connectivity index (χ4n) is 4.19. The van der Waals surface area contributed by atoms with E-state index in [0.717, 1.165) is 55.7 Å². The van der Waals surface area contributed by atoms with Crippen molar-refractivity contribution in [2.75, 3.05) is 49.6 Å². The van der Waals surface area contributed by atoms with Crippen LogP contribution in [0.25, 0.3) is 6.08 Å². The molecule has 2 aromatic carbocycles. The highest BCUT2D eigenvalue weighted by atomic mass is 32.2. The highest BCUT2D eigenvalue weighted by molar-refractivity contribution is 7.89. The molecule has 0 aromatic heterocycles. The number of hydrogen-bond acceptors (Lipinski definition) is 5. The molecule has 0 saturated carbocycles. The molecule has 2 aliphatic rings. The predicted molar refractivity (Wildman–Crippen MR) is 131 cm³/mol. The van der Waals surface area contributed by atoms with Crippen LogP contribution in [0.1, 0.15) is 31.2 Å². The molecule has 0 radical (unpaired) electrons. The molecule has 33 heavy (non-hydrogen) atoms. The van der Waals surface area contributed by atoms with E-state index in [1.54, 1.807) is 34.6 Å². The first-order valence-corrected chi connectivity index (χ1v) is 13.0. The lowest BCUT2D eigenvalue weighted by molar-refractivity contribution is -0.111. The quantitative estimate of drug-likeness (QED) is 0.652. The van der Waals surface area contributed by atoms with Crippen LogP contribution in [0.15, 0.2) is 59.5 Å². The molecular weight excluding hydrogens is 438 g/mol. The van der Waals surface area contributed by atoms with Crippen LogP contribution in [0.2, 0.25) is 0 Å². The molecule has 1 N–H and O–H groups in total. The van der Waals surface area contributed by atoms with Gasteiger partial charge < -0.3 is 15.0 Å². The first kappa shape index (κ1) is 23.5. The number of nitrogens with zero attached hydrogens (tertiary/aromatic N) is 2. The Balaban J connectivity index is 1.40. The Morgan fingerprint density at radius 3 is 2.24 bits per heavy atom. The molecule has 7 nitrogen and oxygen atoms in total. The van der Waals surface area contributed by atoms with Gasteiger partial charge in [0, 0.05) is 32.3 Å². The van der Waals surface area contributed by atoms with Gasteiger partial charge in [-0.1, -0.05) is 37.1 Å². The number of carbonyl (C=O) groups excluding carboxylic acids is 1. The summed E-state index contributed by atoms with van der Waals surface area (Å²) in [6.07, 6.45) is 7.13. The van der Waals surface area contributed by atoms with Crippen molar-refractivity contribution in [3.8, 4) is 0 Å². The van der Waals surface area contributed by atoms with Crippen LogP contribution in [0.3, 0.4) is 0 Å². The number of rotatable bonds is 6. The van der Waals surface area contributed by atoms with Crippen LogP contribution in [-0.2, 0) is 19.6 Å². The minimum Gasteiger partial charge on any atom is -0.378 e. The lowest BCUT2D eigenvalue weighted by atomic mass is 10.2. The van der Waals surface area contributed by atoms with Crippen LogP contribution in [0.5, 0.6) is 0 Å². The van der Waals surface area contributed by atoms with Crippen molar-refractivity contribution < 1.29 is 17.9 Å². The monoisotopic (exact) mass is 469 g/mol. The maximum Gasteiger partial charge on any atom is 0.248 e. The molecule has 8 heteroatoms. The van der Waals surface area contributed by atoms with E-state index in [9.17, 15) is 13.2 Å². The first-order chi connectivity index (χ1) is 16.0. The largest absolute Gasteiger partial charge is 0.378 e. The lowest BCUT2D eigenvalue weighted by Gasteiger charge is -2.30. The van der Waals surface area contributed by atoms with Gasteiger partial charge in [-0.05, 0) is 48.7 Å². The average molecular weight is 470 g/mol. The van der Waals surface area contributed by atoms with Crippen LogP contribution < -0.4 is 10.2 Å². The van der Waals surface area contributed by atoms with E-state index in [1.165, 1.54) is 6.08 Å². The zero-order valence-corrected chi connectivity index (χ0v) is 19.6. The third kappa shape index (κ3) is 6.01. The second-order valence-corrected chi connectivity index (χ2v) is 10.3. The summed E-state index contributed by atoms with van der Waals surface area (Å²) in [6, 6.07) is 14.4. The van der Waals surface area contributed by atoms with E-state index in [4.69, 9.17) is 4.74 Å². The van der Waals surface area contributed by atoms with Crippen LogP contribution in [-0.4, -0.2) is 58.0 Å². The minimum absolute atomic E-state index is 0.239. The van der Waals surface area contributed by atoms with Gasteiger partial charge in [-0.25, -0.2) is 8.42 Å². The van der Waals surface area contributed by atoms with Gasteiger partial charge in [-0.2, -0.15) is 4.31 Å². The smallest absolute Gasteiger partial charge is 0.248 e. The standard InChI is InChI=1S/C25H31N3O4S/c29-25(26-23-7-3-4-8-24(23)27-17-19-32-20-18-27)14-11-21-9-12-22(13-10-21)33(30,31)28-15-5-1-2-6-16-28/h3-4,7-14H,1-2,5-6,15-20H2,(H,26,29)/b14-11+. The molecule has 1 amide bonds. The first-order valence-electron chi connectivity index (χ1n) is 11.5. The van der Waals surface area contributed by atoms with Gasteiger partial charge in [-0.3, -0.25) is 4.79 Å². The van der Waals surface area contributed by atoms with E-state index < -0.39 is 10.0 Å². The van der Waals surface area contributed by atoms with Crippen molar-refractivity contribution in [3.63, 3.8) is 0 Å². The zero-order chi connectivity index (χ0) is 23.1. The number of para-hydroxylation sites is 2. The summed E-state index contributed by atoms with van der Waals surface area (Å²) in [4.78, 5) is 15.0. The van der Waals surface area contributed by atoms with Gasteiger partial charge >= 0.3 is 0 Å². The fraction of sp³-hybridized carbons (Fsp3) is 0.400. The normalized spacial score (nSPS) is 18.2. The van der Waals surface area contributed by atoms with E-state index in [2.05, 4.69) is 10.2 Å². The Morgan fingerprint density at radius 2 is 1.55 bits per heavy atom. The Kier molecular flexibility index (Phi) is 7.80. The fourth-order valence-corrected chi connectivity index (χ4v) is 5.70. The molecule has 2 saturated heterocycles. The SMILES string of the molecule is O=C(/C=C/c1ccc(S(=O)(=O)N2CCCCCC2)cc1)Nc1ccccc1N1CCOCC1. The van der Waals surface area contributed by atoms with Gasteiger partial charge in [0.25, 0.3) is 0 Å². The number of morpholine rings is 1. The summed E-state index contributed by atoms with van der Waals surface area (Å²) >= 11 is 0. The highest BCUT2D eigenvalue weighted by Gasteiger charge is 2.24. The maximum atomic E-state index is 12.9. The average Bonchev–Trinajstić information content (AvgIpc) is 3.14. The zero-order valence-electron chi connectivity index (χ0n) is 18.8. The van der Waals surface area contributed by atoms with E-state index >= 15 is 0 Å². The summed E-state index contributed by atoms with van der Waals surface area (Å²) < 4.78 is 32.8. The molecule has 2 fully saturated rings. The van der Waals surface area contributed by atoms with Crippen molar-refractivity contribution in [1.82, 2.24) is 4.31 Å². The van der Waals surface area contributed by atoms with E-state index in [0.29, 0.717) is 31.2 Å². The number of benzene rings is 2. The number of amides is 1. The van der Waals surface area contributed by atoms with E-state index in [1.807, 2.05) is 24.3 Å². The van der Waals surface area contributed by atoms with Gasteiger partial charge in [-0.15, -0.1) is 0 Å². The predicted octanol–water partition coefficient (Wildman–Crippen LogP) is 3.74. The van der Waals surface area contributed by atoms with Crippen LogP contribution in [0.4, 0.5) is 11.4 Å². The summed E-state index contributed by atoms with van der Waals surface area (Å²) in [5, 5.41) is 2.95. The Hall–Kier alpha value is -2.68. The van der Waals surface area contributed by atoms with Crippen molar-refractivity contribution in [2.45, 2.75) is 30.6 Å². The molecule has 2 heterocycles. The number of carbonyl (C=O) groups is 1. The molecule has 2 aromatic rings. The third-order valence-corrected chi connectivity index (χ3v) is 7.94. The lowest BCUT2D eigenvalue weighted by Crippen LogP contribution is -2.36. The summed E-state index contributed by atoms with van der Waals surface area (Å²) in [5.41, 5.74) is 2.50. The second kappa shape index (κ2) is 11.0. The van der Waals surface area contributed by atoms with Gasteiger partial charge in [0.05, 0.1) is 29.5 Å². The topological polar surface area (TPSA) is 79.0 Å². The second-order valence-electron chi connectivity index (χ2n) is 8.33.